The largest absolute Gasteiger partial charge is 0.477 e. The molecule has 3 aromatic heterocycles. The number of unbranched alkanes of at least 4 members (excludes halogenated alkanes) is 3. The van der Waals surface area contributed by atoms with E-state index in [0.29, 0.717) is 0 Å². The number of thiophene rings is 2. The van der Waals surface area contributed by atoms with Gasteiger partial charge in [-0.15, -0.1) is 22.7 Å². The van der Waals surface area contributed by atoms with Crippen molar-refractivity contribution < 1.29 is 9.90 Å². The number of aliphatic carboxylic acids is 1. The van der Waals surface area contributed by atoms with E-state index in [4.69, 9.17) is 8.75 Å². The van der Waals surface area contributed by atoms with Gasteiger partial charge in [-0.3, -0.25) is 0 Å². The van der Waals surface area contributed by atoms with Crippen molar-refractivity contribution in [2.75, 3.05) is 4.90 Å². The molecule has 0 saturated carbocycles. The van der Waals surface area contributed by atoms with Gasteiger partial charge in [-0.25, -0.2) is 4.79 Å². The zero-order valence-electron chi connectivity index (χ0n) is 30.0. The number of rotatable bonds is 14. The van der Waals surface area contributed by atoms with Gasteiger partial charge in [-0.05, 0) is 97.1 Å². The highest BCUT2D eigenvalue weighted by molar-refractivity contribution is 7.17. The first-order valence-electron chi connectivity index (χ1n) is 18.0. The number of fused-ring (bicyclic) bond motifs is 1. The molecule has 0 saturated heterocycles. The Morgan fingerprint density at radius 1 is 0.759 bits per heavy atom. The van der Waals surface area contributed by atoms with Gasteiger partial charge >= 0.3 is 5.97 Å². The zero-order valence-corrected chi connectivity index (χ0v) is 32.5. The van der Waals surface area contributed by atoms with E-state index in [2.05, 4.69) is 122 Å². The first-order valence-corrected chi connectivity index (χ1v) is 20.3. The summed E-state index contributed by atoms with van der Waals surface area (Å²) in [6.45, 7) is 4.34. The Kier molecular flexibility index (Phi) is 11.5. The van der Waals surface area contributed by atoms with Gasteiger partial charge in [0.2, 0.25) is 0 Å². The Balaban J connectivity index is 1.16. The second kappa shape index (κ2) is 17.0. The fourth-order valence-corrected chi connectivity index (χ4v) is 9.42. The van der Waals surface area contributed by atoms with Crippen molar-refractivity contribution in [3.8, 4) is 27.0 Å². The Morgan fingerprint density at radius 3 is 1.98 bits per heavy atom. The predicted molar refractivity (Wildman–Crippen MR) is 228 cm³/mol. The molecule has 0 fully saturated rings. The lowest BCUT2D eigenvalue weighted by atomic mass is 9.99. The molecule has 7 aromatic rings. The van der Waals surface area contributed by atoms with Crippen molar-refractivity contribution in [2.45, 2.75) is 46.0 Å². The van der Waals surface area contributed by atoms with Crippen LogP contribution in [0.1, 0.15) is 59.1 Å². The van der Waals surface area contributed by atoms with Crippen LogP contribution < -0.4 is 4.90 Å². The number of carboxylic acid groups (broad SMARTS) is 1. The number of aryl methyl sites for hydroxylation is 2. The van der Waals surface area contributed by atoms with Crippen LogP contribution in [0.2, 0.25) is 0 Å². The number of hydrogen-bond acceptors (Lipinski definition) is 8. The highest BCUT2D eigenvalue weighted by Gasteiger charge is 2.20. The summed E-state index contributed by atoms with van der Waals surface area (Å²) in [5, 5.41) is 18.9. The van der Waals surface area contributed by atoms with Crippen molar-refractivity contribution in [1.29, 1.82) is 5.26 Å². The maximum Gasteiger partial charge on any atom is 0.346 e. The molecule has 0 radical (unpaired) electrons. The number of aromatic nitrogens is 2. The number of nitrogens with zero attached hydrogens (tertiary/aromatic N) is 4. The first-order chi connectivity index (χ1) is 26.4. The number of carboxylic acids is 1. The van der Waals surface area contributed by atoms with Gasteiger partial charge in [-0.1, -0.05) is 92.9 Å². The molecule has 268 valence electrons. The molecule has 7 rings (SSSR count). The normalized spacial score (nSPS) is 11.7. The molecule has 0 atom stereocenters. The average molecular weight is 763 g/mol. The molecule has 0 spiro atoms. The average Bonchev–Trinajstić information content (AvgIpc) is 3.94. The van der Waals surface area contributed by atoms with Crippen LogP contribution in [0.5, 0.6) is 0 Å². The molecule has 54 heavy (non-hydrogen) atoms. The van der Waals surface area contributed by atoms with E-state index in [-0.39, 0.29) is 5.57 Å². The minimum absolute atomic E-state index is 0.274. The van der Waals surface area contributed by atoms with E-state index in [0.717, 1.165) is 95.5 Å². The van der Waals surface area contributed by atoms with Gasteiger partial charge in [0.15, 0.2) is 0 Å². The lowest BCUT2D eigenvalue weighted by Crippen LogP contribution is -2.09. The molecule has 3 heterocycles. The second-order valence-corrected chi connectivity index (χ2v) is 15.7. The lowest BCUT2D eigenvalue weighted by Gasteiger charge is -2.25. The number of benzene rings is 4. The Bertz CT molecular complexity index is 2450. The number of carbonyl (C=O) groups is 1. The maximum absolute atomic E-state index is 11.6. The van der Waals surface area contributed by atoms with E-state index in [9.17, 15) is 15.2 Å². The van der Waals surface area contributed by atoms with E-state index < -0.39 is 5.97 Å². The summed E-state index contributed by atoms with van der Waals surface area (Å²) in [6.07, 6.45) is 11.2. The molecule has 1 N–H and O–H groups in total. The summed E-state index contributed by atoms with van der Waals surface area (Å²) in [7, 11) is 0. The van der Waals surface area contributed by atoms with Gasteiger partial charge in [-0.2, -0.15) is 14.0 Å². The van der Waals surface area contributed by atoms with Crippen LogP contribution >= 0.6 is 34.4 Å². The van der Waals surface area contributed by atoms with Gasteiger partial charge in [0, 0.05) is 47.7 Å². The summed E-state index contributed by atoms with van der Waals surface area (Å²) in [4.78, 5) is 18.0. The minimum atomic E-state index is -1.22. The van der Waals surface area contributed by atoms with E-state index in [1.165, 1.54) is 41.1 Å². The molecule has 4 aromatic carbocycles. The van der Waals surface area contributed by atoms with Crippen LogP contribution in [0.4, 0.5) is 17.1 Å². The second-order valence-electron chi connectivity index (χ2n) is 13.0. The van der Waals surface area contributed by atoms with Crippen LogP contribution in [0.15, 0.2) is 115 Å². The summed E-state index contributed by atoms with van der Waals surface area (Å²) in [6, 6.07) is 39.8. The molecular formula is C45H38N4O2S3. The minimum Gasteiger partial charge on any atom is -0.477 e. The SMILES string of the molecule is CCCCCCc1cc(/C=C(\C#N)C(=O)O)sc1-c1ccc(-c2sc(/C=C/c3ccc(N(c4ccccc4)c4ccccc4)cc3)cc2C)c2nsnc12. The van der Waals surface area contributed by atoms with Crippen molar-refractivity contribution in [2.24, 2.45) is 0 Å². The molecule has 0 aliphatic carbocycles. The molecule has 0 amide bonds. The van der Waals surface area contributed by atoms with E-state index in [1.54, 1.807) is 11.3 Å². The maximum atomic E-state index is 11.6. The monoisotopic (exact) mass is 762 g/mol. The molecular weight excluding hydrogens is 725 g/mol. The van der Waals surface area contributed by atoms with E-state index >= 15 is 0 Å². The number of anilines is 3. The third kappa shape index (κ3) is 8.12. The highest BCUT2D eigenvalue weighted by atomic mass is 32.1. The van der Waals surface area contributed by atoms with E-state index in [1.807, 2.05) is 24.3 Å². The third-order valence-corrected chi connectivity index (χ3v) is 12.1. The first kappa shape index (κ1) is 36.7. The fraction of sp³-hybridized carbons (Fsp3) is 0.156. The molecule has 0 aliphatic heterocycles. The van der Waals surface area contributed by atoms with Gasteiger partial charge < -0.3 is 10.0 Å². The zero-order chi connectivity index (χ0) is 37.4. The van der Waals surface area contributed by atoms with Crippen molar-refractivity contribution in [1.82, 2.24) is 8.75 Å². The summed E-state index contributed by atoms with van der Waals surface area (Å²) >= 11 is 4.45. The standard InChI is InChI=1S/C45H38N4O2S3/c1-3-4-5-8-13-32-27-38(28-33(29-46)45(50)51)53-44(32)40-25-24-39(41-42(40)48-54-47-41)43-30(2)26-37(52-43)23-20-31-18-21-36(22-19-31)49(34-14-9-6-10-15-34)35-16-11-7-12-17-35/h6-7,9-12,14-28H,3-5,8,13H2,1-2H3,(H,50,51)/b23-20+,33-28+. The summed E-state index contributed by atoms with van der Waals surface area (Å²) < 4.78 is 9.57. The van der Waals surface area contributed by atoms with Crippen LogP contribution in [0.25, 0.3) is 50.1 Å². The summed E-state index contributed by atoms with van der Waals surface area (Å²) in [5.41, 5.74) is 10.2. The summed E-state index contributed by atoms with van der Waals surface area (Å²) in [5.74, 6) is -1.22. The third-order valence-electron chi connectivity index (χ3n) is 9.23. The lowest BCUT2D eigenvalue weighted by molar-refractivity contribution is -0.132. The van der Waals surface area contributed by atoms with Crippen LogP contribution in [0, 0.1) is 18.3 Å². The molecule has 0 aliphatic rings. The predicted octanol–water partition coefficient (Wildman–Crippen LogP) is 13.2. The Labute approximate surface area is 328 Å². The van der Waals surface area contributed by atoms with Crippen molar-refractivity contribution in [3.05, 3.63) is 141 Å². The van der Waals surface area contributed by atoms with Gasteiger partial charge in [0.05, 0.1) is 11.7 Å². The molecule has 0 unspecified atom stereocenters. The van der Waals surface area contributed by atoms with Crippen LogP contribution in [0.3, 0.4) is 0 Å². The Hall–Kier alpha value is -5.66. The number of para-hydroxylation sites is 2. The van der Waals surface area contributed by atoms with Crippen molar-refractivity contribution in [3.63, 3.8) is 0 Å². The number of nitriles is 1. The quantitative estimate of drug-likeness (QED) is 0.0674. The molecule has 6 nitrogen and oxygen atoms in total. The van der Waals surface area contributed by atoms with Crippen LogP contribution in [-0.2, 0) is 11.2 Å². The highest BCUT2D eigenvalue weighted by Crippen LogP contribution is 2.43. The van der Waals surface area contributed by atoms with Crippen molar-refractivity contribution >= 4 is 86.7 Å². The smallest absolute Gasteiger partial charge is 0.346 e. The molecule has 9 heteroatoms. The fourth-order valence-electron chi connectivity index (χ4n) is 6.56. The van der Waals surface area contributed by atoms with Gasteiger partial charge in [0.1, 0.15) is 22.7 Å². The topological polar surface area (TPSA) is 90.1 Å². The van der Waals surface area contributed by atoms with Gasteiger partial charge in [0.25, 0.3) is 0 Å². The molecule has 0 bridgehead atoms. The van der Waals surface area contributed by atoms with Crippen LogP contribution in [-0.4, -0.2) is 19.8 Å². The number of hydrogen-bond donors (Lipinski definition) is 1. The Morgan fingerprint density at radius 2 is 1.37 bits per heavy atom.